The monoisotopic (exact) mass is 810 g/mol. The predicted octanol–water partition coefficient (Wildman–Crippen LogP) is 4.71. The highest BCUT2D eigenvalue weighted by molar-refractivity contribution is 7.00. The van der Waals surface area contributed by atoms with E-state index in [1.807, 2.05) is 39.8 Å². The lowest BCUT2D eigenvalue weighted by atomic mass is 10.0. The summed E-state index contributed by atoms with van der Waals surface area (Å²) < 4.78 is 18.6. The molecule has 6 rings (SSSR count). The highest BCUT2D eigenvalue weighted by Crippen LogP contribution is 2.36. The number of aromatic amines is 2. The van der Waals surface area contributed by atoms with E-state index >= 15 is 0 Å². The Kier molecular flexibility index (Phi) is 13.0. The summed E-state index contributed by atoms with van der Waals surface area (Å²) in [6.45, 7) is 12.8. The number of fused-ring (bicyclic) bond motifs is 1. The number of nitrogens with one attached hydrogen (secondary N) is 4. The van der Waals surface area contributed by atoms with Gasteiger partial charge >= 0.3 is 12.2 Å². The summed E-state index contributed by atoms with van der Waals surface area (Å²) in [5.41, 5.74) is 4.25. The summed E-state index contributed by atoms with van der Waals surface area (Å²) in [6.07, 6.45) is 3.92. The summed E-state index contributed by atoms with van der Waals surface area (Å²) >= 11 is 1.11. The van der Waals surface area contributed by atoms with Crippen LogP contribution in [0.5, 0.6) is 0 Å². The molecule has 58 heavy (non-hydrogen) atoms. The number of imidazole rings is 2. The number of nitrogens with zero attached hydrogens (tertiary/aromatic N) is 6. The van der Waals surface area contributed by atoms with Crippen molar-refractivity contribution in [2.75, 3.05) is 27.3 Å². The number of carbonyl (C=O) groups excluding carboxylic acids is 4. The quantitative estimate of drug-likeness (QED) is 0.172. The number of methoxy groups -OCH3 is 2. The first-order valence-corrected chi connectivity index (χ1v) is 20.2. The maximum absolute atomic E-state index is 13.6. The maximum atomic E-state index is 13.6. The van der Waals surface area contributed by atoms with Crippen LogP contribution in [-0.4, -0.2) is 102 Å². The normalized spacial score (nSPS) is 20.0. The number of hydrogen-bond acceptors (Lipinski definition) is 11. The van der Waals surface area contributed by atoms with Gasteiger partial charge in [-0.3, -0.25) is 9.59 Å². The number of hydrogen-bond donors (Lipinski definition) is 4. The Hall–Kier alpha value is -5.94. The molecule has 16 nitrogen and oxygen atoms in total. The van der Waals surface area contributed by atoms with Crippen molar-refractivity contribution in [3.8, 4) is 23.7 Å². The molecule has 17 heteroatoms. The summed E-state index contributed by atoms with van der Waals surface area (Å²) in [5.74, 6) is 13.9. The second kappa shape index (κ2) is 18.1. The van der Waals surface area contributed by atoms with E-state index in [2.05, 4.69) is 76.8 Å². The van der Waals surface area contributed by atoms with Crippen LogP contribution in [0.4, 0.5) is 9.59 Å². The van der Waals surface area contributed by atoms with Crippen LogP contribution in [0.2, 0.25) is 0 Å². The third kappa shape index (κ3) is 9.26. The molecular weight excluding hydrogens is 761 g/mol. The zero-order chi connectivity index (χ0) is 41.7. The number of aromatic nitrogens is 6. The number of likely N-dealkylation sites (tertiary alicyclic amines) is 2. The minimum absolute atomic E-state index is 0.132. The van der Waals surface area contributed by atoms with E-state index in [-0.39, 0.29) is 47.6 Å². The van der Waals surface area contributed by atoms with Gasteiger partial charge in [0.05, 0.1) is 56.0 Å². The van der Waals surface area contributed by atoms with E-state index in [4.69, 9.17) is 9.47 Å². The summed E-state index contributed by atoms with van der Waals surface area (Å²) in [6, 6.07) is 1.85. The second-order valence-corrected chi connectivity index (χ2v) is 16.3. The Morgan fingerprint density at radius 1 is 0.776 bits per heavy atom. The van der Waals surface area contributed by atoms with Gasteiger partial charge < -0.3 is 39.9 Å². The fourth-order valence-electron chi connectivity index (χ4n) is 7.52. The highest BCUT2D eigenvalue weighted by Gasteiger charge is 2.41. The number of alkyl carbamates (subject to hydrolysis) is 2. The zero-order valence-electron chi connectivity index (χ0n) is 34.0. The smallest absolute Gasteiger partial charge is 0.407 e. The maximum Gasteiger partial charge on any atom is 0.407 e. The van der Waals surface area contributed by atoms with Crippen molar-refractivity contribution in [3.05, 3.63) is 58.7 Å². The molecule has 1 aromatic carbocycles. The number of H-pyrrole nitrogens is 2. The topological polar surface area (TPSA) is 200 Å². The lowest BCUT2D eigenvalue weighted by Crippen LogP contribution is -2.51. The molecule has 0 spiro atoms. The molecule has 2 fully saturated rings. The van der Waals surface area contributed by atoms with Crippen molar-refractivity contribution in [2.45, 2.75) is 85.0 Å². The van der Waals surface area contributed by atoms with Crippen LogP contribution in [-0.2, 0) is 25.5 Å². The summed E-state index contributed by atoms with van der Waals surface area (Å²) in [7, 11) is 2.55. The molecular formula is C41H50N10O6S. The van der Waals surface area contributed by atoms with Gasteiger partial charge in [0.25, 0.3) is 0 Å². The first kappa shape index (κ1) is 41.7. The van der Waals surface area contributed by atoms with Crippen molar-refractivity contribution in [1.29, 1.82) is 0 Å². The molecule has 2 saturated heterocycles. The van der Waals surface area contributed by atoms with Gasteiger partial charge in [-0.25, -0.2) is 19.6 Å². The van der Waals surface area contributed by atoms with E-state index in [0.717, 1.165) is 35.6 Å². The molecule has 0 saturated carbocycles. The Morgan fingerprint density at radius 3 is 1.78 bits per heavy atom. The highest BCUT2D eigenvalue weighted by atomic mass is 32.1. The number of carbonyl (C=O) groups is 4. The van der Waals surface area contributed by atoms with Gasteiger partial charge in [0.2, 0.25) is 11.8 Å². The predicted molar refractivity (Wildman–Crippen MR) is 216 cm³/mol. The minimum Gasteiger partial charge on any atom is -0.453 e. The van der Waals surface area contributed by atoms with E-state index in [0.29, 0.717) is 53.6 Å². The van der Waals surface area contributed by atoms with Crippen molar-refractivity contribution in [1.82, 2.24) is 49.1 Å². The minimum atomic E-state index is -0.727. The van der Waals surface area contributed by atoms with Crippen LogP contribution >= 0.6 is 11.7 Å². The van der Waals surface area contributed by atoms with Gasteiger partial charge in [0.15, 0.2) is 0 Å². The van der Waals surface area contributed by atoms with Gasteiger partial charge in [-0.1, -0.05) is 59.4 Å². The molecule has 0 aliphatic carbocycles. The van der Waals surface area contributed by atoms with Crippen molar-refractivity contribution < 1.29 is 28.7 Å². The van der Waals surface area contributed by atoms with Gasteiger partial charge in [0.1, 0.15) is 46.2 Å². The molecule has 4 N–H and O–H groups in total. The lowest BCUT2D eigenvalue weighted by molar-refractivity contribution is -0.136. The average molecular weight is 811 g/mol. The number of amides is 4. The van der Waals surface area contributed by atoms with Crippen LogP contribution < -0.4 is 10.6 Å². The molecule has 0 radical (unpaired) electrons. The molecule has 2 aliphatic heterocycles. The van der Waals surface area contributed by atoms with Crippen LogP contribution in [0.25, 0.3) is 11.0 Å². The van der Waals surface area contributed by atoms with Crippen LogP contribution in [0.3, 0.4) is 0 Å². The van der Waals surface area contributed by atoms with Crippen LogP contribution in [0.1, 0.15) is 101 Å². The third-order valence-electron chi connectivity index (χ3n) is 10.5. The fourth-order valence-corrected chi connectivity index (χ4v) is 8.12. The first-order chi connectivity index (χ1) is 27.8. The van der Waals surface area contributed by atoms with Crippen molar-refractivity contribution >= 4 is 46.8 Å². The van der Waals surface area contributed by atoms with E-state index < -0.39 is 24.3 Å². The standard InChI is InChI=1S/C41H50N10O6S/c1-22(2)32(46-40(54)56-7)38(52)50-20-24(5)16-30(50)36-42-18-28(44-36)11-9-10-26-12-13-27(35-34(26)48-58-49-35)14-15-29-19-43-37(45-29)31-17-25(6)21-51(31)39(53)33(23(3)4)47-41(55)57-8/h12-13,18-19,22-25,30-33H,10,16-17,20-21H2,1-8H3,(H,42,44)(H,43,45)(H,46,54)(H,47,55)/t24-,25-,30-,31-,32-,33-/m0/s1. The Bertz CT molecular complexity index is 2270. The van der Waals surface area contributed by atoms with E-state index in [9.17, 15) is 19.2 Å². The van der Waals surface area contributed by atoms with Gasteiger partial charge in [-0.2, -0.15) is 8.75 Å². The zero-order valence-corrected chi connectivity index (χ0v) is 34.8. The fraction of sp³-hybridized carbons (Fsp3) is 0.512. The number of rotatable bonds is 9. The largest absolute Gasteiger partial charge is 0.453 e. The van der Waals surface area contributed by atoms with Crippen LogP contribution in [0.15, 0.2) is 24.5 Å². The Labute approximate surface area is 342 Å². The van der Waals surface area contributed by atoms with Gasteiger partial charge in [0, 0.05) is 19.5 Å². The average Bonchev–Trinajstić information content (AvgIpc) is 4.05. The number of ether oxygens (including phenoxy) is 2. The van der Waals surface area contributed by atoms with Gasteiger partial charge in [-0.15, -0.1) is 0 Å². The molecule has 0 unspecified atom stereocenters. The Balaban J connectivity index is 1.13. The molecule has 3 aromatic heterocycles. The molecule has 306 valence electrons. The third-order valence-corrected chi connectivity index (χ3v) is 11.1. The summed E-state index contributed by atoms with van der Waals surface area (Å²) in [5, 5.41) is 5.37. The second-order valence-electron chi connectivity index (χ2n) is 15.7. The lowest BCUT2D eigenvalue weighted by Gasteiger charge is -2.30. The molecule has 2 aliphatic rings. The Morgan fingerprint density at radius 2 is 1.28 bits per heavy atom. The molecule has 6 atom stereocenters. The van der Waals surface area contributed by atoms with Crippen molar-refractivity contribution in [2.24, 2.45) is 23.7 Å². The number of benzene rings is 1. The van der Waals surface area contributed by atoms with E-state index in [1.54, 1.807) is 22.2 Å². The van der Waals surface area contributed by atoms with Crippen LogP contribution in [0, 0.1) is 47.4 Å². The van der Waals surface area contributed by atoms with Crippen molar-refractivity contribution in [3.63, 3.8) is 0 Å². The first-order valence-electron chi connectivity index (χ1n) is 19.4. The van der Waals surface area contributed by atoms with E-state index in [1.165, 1.54) is 14.2 Å². The summed E-state index contributed by atoms with van der Waals surface area (Å²) in [4.78, 5) is 70.6. The molecule has 0 bridgehead atoms. The molecule has 4 amide bonds. The SMILES string of the molecule is COC(=O)N[C@H](C(=O)N1C[C@@H](C)C[C@H]1c1ncc(C#CCc2ccc(C#Cc3cnc([C@@H]4C[C@H](C)CN4C(=O)[C@@H](NC(=O)OC)C(C)C)[nH]3)c3nsnc23)[nH]1)C(C)C. The molecule has 4 aromatic rings. The van der Waals surface area contributed by atoms with Gasteiger partial charge in [-0.05, 0) is 60.0 Å². The molecule has 5 heterocycles.